The zero-order valence-electron chi connectivity index (χ0n) is 22.2. The van der Waals surface area contributed by atoms with Crippen molar-refractivity contribution in [1.29, 1.82) is 0 Å². The molecule has 14 nitrogen and oxygen atoms in total. The van der Waals surface area contributed by atoms with Crippen LogP contribution < -0.4 is 20.9 Å². The van der Waals surface area contributed by atoms with Crippen LogP contribution >= 0.6 is 0 Å². The van der Waals surface area contributed by atoms with E-state index in [2.05, 4.69) is 41.1 Å². The molecule has 0 aliphatic carbocycles. The first kappa shape index (κ1) is 28.9. The number of amides is 3. The number of rotatable bonds is 8. The number of hydrogen-bond donors (Lipinski definition) is 3. The van der Waals surface area contributed by atoms with Gasteiger partial charge >= 0.3 is 12.2 Å². The number of pyridine rings is 1. The lowest BCUT2D eigenvalue weighted by atomic mass is 10.1. The molecule has 0 aromatic carbocycles. The van der Waals surface area contributed by atoms with E-state index >= 15 is 0 Å². The molecule has 3 aromatic heterocycles. The number of urea groups is 1. The molecule has 1 unspecified atom stereocenters. The first-order chi connectivity index (χ1) is 19.4. The molecular formula is C24H25F3N10O4. The third kappa shape index (κ3) is 6.39. The number of nitrogens with zero attached hydrogens (tertiary/aromatic N) is 7. The van der Waals surface area contributed by atoms with Crippen molar-refractivity contribution in [2.45, 2.75) is 45.7 Å². The van der Waals surface area contributed by atoms with Crippen molar-refractivity contribution in [2.75, 3.05) is 11.9 Å². The van der Waals surface area contributed by atoms with Crippen LogP contribution in [-0.2, 0) is 17.5 Å². The van der Waals surface area contributed by atoms with Crippen LogP contribution in [0.5, 0.6) is 0 Å². The average molecular weight is 575 g/mol. The number of carbonyl (C=O) groups excluding carboxylic acids is 3. The second kappa shape index (κ2) is 11.6. The van der Waals surface area contributed by atoms with Gasteiger partial charge in [-0.2, -0.15) is 18.2 Å². The standard InChI is InChI=1S/C24H25F3N10O4/c1-12-16(24(25,26)27)5-15(6-29-12)17-7-28-8-19(33-17)34-22(39)13(2)37-11-31-21(18(37)10-38)36(4)23(40)30-9-20-32-14(3)41-35-20/h5-8,10-11,13,19,33H,9H2,1-4H3,(H,30,40)(H,34,39)/t13-,19?/m0/s1. The zero-order chi connectivity index (χ0) is 29.9. The number of aldehydes is 1. The fourth-order valence-electron chi connectivity index (χ4n) is 3.87. The fourth-order valence-corrected chi connectivity index (χ4v) is 3.87. The van der Waals surface area contributed by atoms with E-state index in [0.29, 0.717) is 12.2 Å². The molecule has 3 amide bonds. The van der Waals surface area contributed by atoms with Crippen molar-refractivity contribution in [2.24, 2.45) is 4.99 Å². The third-order valence-electron chi connectivity index (χ3n) is 6.06. The van der Waals surface area contributed by atoms with Gasteiger partial charge in [0.05, 0.1) is 30.3 Å². The van der Waals surface area contributed by atoms with Gasteiger partial charge < -0.3 is 25.0 Å². The summed E-state index contributed by atoms with van der Waals surface area (Å²) < 4.78 is 46.1. The minimum Gasteiger partial charge on any atom is -0.359 e. The monoisotopic (exact) mass is 574 g/mol. The summed E-state index contributed by atoms with van der Waals surface area (Å²) >= 11 is 0. The summed E-state index contributed by atoms with van der Waals surface area (Å²) in [5, 5.41) is 11.8. The normalized spacial score (nSPS) is 15.5. The van der Waals surface area contributed by atoms with Gasteiger partial charge in [0.15, 0.2) is 17.9 Å². The van der Waals surface area contributed by atoms with E-state index in [1.54, 1.807) is 6.92 Å². The molecule has 216 valence electrons. The van der Waals surface area contributed by atoms with Crippen molar-refractivity contribution in [3.8, 4) is 0 Å². The number of hydrogen-bond acceptors (Lipinski definition) is 10. The maximum Gasteiger partial charge on any atom is 0.418 e. The highest BCUT2D eigenvalue weighted by atomic mass is 19.4. The van der Waals surface area contributed by atoms with E-state index in [4.69, 9.17) is 4.52 Å². The number of anilines is 1. The third-order valence-corrected chi connectivity index (χ3v) is 6.06. The van der Waals surface area contributed by atoms with E-state index in [9.17, 15) is 27.6 Å². The minimum atomic E-state index is -4.59. The number of nitrogens with one attached hydrogen (secondary N) is 3. The molecule has 0 radical (unpaired) electrons. The van der Waals surface area contributed by atoms with Crippen LogP contribution in [0.3, 0.4) is 0 Å². The van der Waals surface area contributed by atoms with Crippen LogP contribution in [0.25, 0.3) is 5.70 Å². The molecule has 0 spiro atoms. The molecule has 0 fully saturated rings. The molecule has 1 aliphatic rings. The van der Waals surface area contributed by atoms with Crippen molar-refractivity contribution in [1.82, 2.24) is 40.6 Å². The second-order valence-corrected chi connectivity index (χ2v) is 8.93. The number of aliphatic imine (C=N–C) groups is 1. The van der Waals surface area contributed by atoms with E-state index in [-0.39, 0.29) is 40.8 Å². The van der Waals surface area contributed by atoms with Gasteiger partial charge in [-0.25, -0.2) is 9.78 Å². The smallest absolute Gasteiger partial charge is 0.359 e. The quantitative estimate of drug-likeness (QED) is 0.341. The minimum absolute atomic E-state index is 0.00337. The van der Waals surface area contributed by atoms with Crippen LogP contribution in [0.4, 0.5) is 23.8 Å². The van der Waals surface area contributed by atoms with Crippen molar-refractivity contribution >= 4 is 36.0 Å². The molecule has 2 atom stereocenters. The lowest BCUT2D eigenvalue weighted by Crippen LogP contribution is -2.48. The summed E-state index contributed by atoms with van der Waals surface area (Å²) in [6, 6.07) is -0.639. The lowest BCUT2D eigenvalue weighted by molar-refractivity contribution is -0.138. The van der Waals surface area contributed by atoms with Crippen LogP contribution in [0.2, 0.25) is 0 Å². The molecule has 1 aliphatic heterocycles. The van der Waals surface area contributed by atoms with Gasteiger partial charge in [0.25, 0.3) is 0 Å². The van der Waals surface area contributed by atoms with E-state index in [0.717, 1.165) is 11.0 Å². The maximum atomic E-state index is 13.3. The zero-order valence-corrected chi connectivity index (χ0v) is 22.2. The Labute approximate surface area is 230 Å². The Balaban J connectivity index is 1.42. The van der Waals surface area contributed by atoms with Gasteiger partial charge in [0.2, 0.25) is 11.8 Å². The van der Waals surface area contributed by atoms with Crippen LogP contribution in [-0.4, -0.2) is 62.3 Å². The Hall–Kier alpha value is -5.09. The van der Waals surface area contributed by atoms with Crippen molar-refractivity contribution < 1.29 is 32.1 Å². The molecule has 3 N–H and O–H groups in total. The Morgan fingerprint density at radius 2 is 2.05 bits per heavy atom. The maximum absolute atomic E-state index is 13.3. The summed E-state index contributed by atoms with van der Waals surface area (Å²) in [5.74, 6) is 0.0192. The molecule has 0 saturated heterocycles. The van der Waals surface area contributed by atoms with Crippen LogP contribution in [0, 0.1) is 13.8 Å². The Morgan fingerprint density at radius 3 is 2.71 bits per heavy atom. The van der Waals surface area contributed by atoms with Gasteiger partial charge in [-0.15, -0.1) is 0 Å². The summed E-state index contributed by atoms with van der Waals surface area (Å²) in [6.45, 7) is 4.34. The summed E-state index contributed by atoms with van der Waals surface area (Å²) in [6.07, 6.45) is 0.157. The van der Waals surface area contributed by atoms with E-state index in [1.807, 2.05) is 0 Å². The predicted octanol–water partition coefficient (Wildman–Crippen LogP) is 2.13. The second-order valence-electron chi connectivity index (χ2n) is 8.93. The Kier molecular flexibility index (Phi) is 8.16. The SMILES string of the molecule is Cc1nc(CNC(=O)N(C)c2ncn([C@@H](C)C(=O)NC3C=NC=C(c4cnc(C)c(C(F)(F)F)c4)N3)c2C=O)no1. The number of alkyl halides is 3. The lowest BCUT2D eigenvalue weighted by Gasteiger charge is -2.24. The summed E-state index contributed by atoms with van der Waals surface area (Å²) in [4.78, 5) is 54.6. The summed E-state index contributed by atoms with van der Waals surface area (Å²) in [5.41, 5.74) is -0.758. The van der Waals surface area contributed by atoms with Crippen molar-refractivity contribution in [3.63, 3.8) is 0 Å². The van der Waals surface area contributed by atoms with Crippen molar-refractivity contribution in [3.05, 3.63) is 59.0 Å². The van der Waals surface area contributed by atoms with Gasteiger partial charge in [-0.3, -0.25) is 24.5 Å². The predicted molar refractivity (Wildman–Crippen MR) is 138 cm³/mol. The number of aromatic nitrogens is 5. The largest absolute Gasteiger partial charge is 0.418 e. The number of carbonyl (C=O) groups is 3. The molecule has 4 rings (SSSR count). The van der Waals surface area contributed by atoms with Gasteiger partial charge in [0, 0.05) is 37.6 Å². The molecular weight excluding hydrogens is 549 g/mol. The number of aryl methyl sites for hydroxylation is 2. The Bertz CT molecular complexity index is 1530. The highest BCUT2D eigenvalue weighted by Gasteiger charge is 2.34. The molecule has 41 heavy (non-hydrogen) atoms. The summed E-state index contributed by atoms with van der Waals surface area (Å²) in [7, 11) is 1.39. The van der Waals surface area contributed by atoms with Gasteiger partial charge in [-0.05, 0) is 19.9 Å². The van der Waals surface area contributed by atoms with Gasteiger partial charge in [-0.1, -0.05) is 5.16 Å². The molecule has 4 heterocycles. The van der Waals surface area contributed by atoms with E-state index < -0.39 is 35.9 Å². The Morgan fingerprint density at radius 1 is 1.29 bits per heavy atom. The highest BCUT2D eigenvalue weighted by Crippen LogP contribution is 2.32. The number of halogens is 3. The first-order valence-electron chi connectivity index (χ1n) is 12.1. The molecule has 0 bridgehead atoms. The molecule has 0 saturated carbocycles. The van der Waals surface area contributed by atoms with E-state index in [1.165, 1.54) is 50.4 Å². The van der Waals surface area contributed by atoms with Crippen LogP contribution in [0.1, 0.15) is 52.0 Å². The van der Waals surface area contributed by atoms with Crippen LogP contribution in [0.15, 0.2) is 34.3 Å². The average Bonchev–Trinajstić information content (AvgIpc) is 3.56. The van der Waals surface area contributed by atoms with Gasteiger partial charge in [0.1, 0.15) is 17.9 Å². The topological polar surface area (TPSA) is 173 Å². The highest BCUT2D eigenvalue weighted by molar-refractivity contribution is 5.95. The fraction of sp³-hybridized carbons (Fsp3) is 0.333. The first-order valence-corrected chi connectivity index (χ1v) is 12.1. The molecule has 17 heteroatoms. The molecule has 3 aromatic rings. The number of imidazole rings is 1.